The Balaban J connectivity index is 2.62. The van der Waals surface area contributed by atoms with Crippen molar-refractivity contribution in [3.8, 4) is 0 Å². The van der Waals surface area contributed by atoms with Gasteiger partial charge in [0, 0.05) is 23.9 Å². The molecule has 0 saturated carbocycles. The molecule has 1 atom stereocenters. The number of hydrogen-bond donors (Lipinski definition) is 1. The van der Waals surface area contributed by atoms with Crippen molar-refractivity contribution in [1.29, 1.82) is 0 Å². The van der Waals surface area contributed by atoms with Crippen LogP contribution in [0.15, 0.2) is 48.6 Å². The van der Waals surface area contributed by atoms with Crippen LogP contribution in [0.4, 0.5) is 11.4 Å². The maximum absolute atomic E-state index is 11.9. The molecule has 1 N–H and O–H groups in total. The van der Waals surface area contributed by atoms with Crippen LogP contribution in [0.3, 0.4) is 0 Å². The average molecular weight is 304 g/mol. The van der Waals surface area contributed by atoms with E-state index < -0.39 is 22.9 Å². The van der Waals surface area contributed by atoms with Crippen LogP contribution >= 0.6 is 0 Å². The van der Waals surface area contributed by atoms with Gasteiger partial charge in [-0.1, -0.05) is 24.3 Å². The number of hydrogen-bond acceptors (Lipinski definition) is 5. The summed E-state index contributed by atoms with van der Waals surface area (Å²) >= 11 is 0. The predicted molar refractivity (Wildman–Crippen MR) is 81.2 cm³/mol. The quantitative estimate of drug-likeness (QED) is 0.286. The minimum Gasteiger partial charge on any atom is -0.449 e. The van der Waals surface area contributed by atoms with Crippen molar-refractivity contribution in [2.75, 3.05) is 5.32 Å². The summed E-state index contributed by atoms with van der Waals surface area (Å²) in [5.74, 6) is -1.23. The van der Waals surface area contributed by atoms with E-state index in [0.29, 0.717) is 0 Å². The minimum absolute atomic E-state index is 0.142. The first-order valence-electron chi connectivity index (χ1n) is 6.49. The van der Waals surface area contributed by atoms with E-state index in [1.807, 2.05) is 0 Å². The van der Waals surface area contributed by atoms with Crippen molar-refractivity contribution >= 4 is 23.3 Å². The summed E-state index contributed by atoms with van der Waals surface area (Å²) in [5.41, 5.74) is 0.114. The lowest BCUT2D eigenvalue weighted by Crippen LogP contribution is -2.29. The number of nitro groups is 1. The molecule has 0 radical (unpaired) electrons. The van der Waals surface area contributed by atoms with Crippen LogP contribution in [0.25, 0.3) is 0 Å². The first kappa shape index (κ1) is 17.1. The van der Waals surface area contributed by atoms with Crippen LogP contribution in [0.2, 0.25) is 0 Å². The maximum atomic E-state index is 11.9. The van der Waals surface area contributed by atoms with Crippen molar-refractivity contribution in [3.05, 3.63) is 58.7 Å². The predicted octanol–water partition coefficient (Wildman–Crippen LogP) is 2.60. The third kappa shape index (κ3) is 5.58. The number of carbonyl (C=O) groups is 2. The molecule has 0 unspecified atom stereocenters. The van der Waals surface area contributed by atoms with E-state index in [0.717, 1.165) is 0 Å². The molecule has 1 rings (SSSR count). The maximum Gasteiger partial charge on any atom is 0.331 e. The van der Waals surface area contributed by atoms with E-state index in [2.05, 4.69) is 5.32 Å². The number of non-ortho nitro benzene ring substituents is 1. The van der Waals surface area contributed by atoms with Crippen LogP contribution in [0.1, 0.15) is 13.8 Å². The van der Waals surface area contributed by atoms with Crippen LogP contribution in [-0.4, -0.2) is 22.9 Å². The van der Waals surface area contributed by atoms with Gasteiger partial charge in [0.1, 0.15) is 0 Å². The summed E-state index contributed by atoms with van der Waals surface area (Å²) in [6, 6.07) is 5.49. The standard InChI is InChI=1S/C15H16N2O5/c1-3-4-5-9-14(18)22-11(2)15(19)16-12-7-6-8-13(10-12)17(20)21/h3-11H,1-2H3,(H,16,19)/b4-3+,9-5+/t11-/m0/s1. The third-order valence-corrected chi connectivity index (χ3v) is 2.52. The third-order valence-electron chi connectivity index (χ3n) is 2.52. The van der Waals surface area contributed by atoms with Gasteiger partial charge in [0.05, 0.1) is 4.92 Å². The second kappa shape index (κ2) is 8.35. The molecule has 0 fully saturated rings. The highest BCUT2D eigenvalue weighted by Gasteiger charge is 2.17. The summed E-state index contributed by atoms with van der Waals surface area (Å²) < 4.78 is 4.90. The molecule has 0 heterocycles. The van der Waals surface area contributed by atoms with Crippen LogP contribution in [0.5, 0.6) is 0 Å². The largest absolute Gasteiger partial charge is 0.449 e. The van der Waals surface area contributed by atoms with Gasteiger partial charge in [0.2, 0.25) is 0 Å². The Hall–Kier alpha value is -2.96. The molecule has 1 aromatic rings. The van der Waals surface area contributed by atoms with Gasteiger partial charge in [-0.15, -0.1) is 0 Å². The Labute approximate surface area is 127 Å². The summed E-state index contributed by atoms with van der Waals surface area (Å²) in [4.78, 5) is 33.4. The fourth-order valence-electron chi connectivity index (χ4n) is 1.45. The second-order valence-corrected chi connectivity index (χ2v) is 4.26. The normalized spacial score (nSPS) is 12.3. The van der Waals surface area contributed by atoms with Crippen molar-refractivity contribution in [3.63, 3.8) is 0 Å². The molecule has 116 valence electrons. The Bertz CT molecular complexity index is 622. The number of amides is 1. The van der Waals surface area contributed by atoms with Crippen LogP contribution in [0, 0.1) is 10.1 Å². The molecule has 0 aromatic heterocycles. The van der Waals surface area contributed by atoms with Crippen LogP contribution < -0.4 is 5.32 Å². The van der Waals surface area contributed by atoms with Crippen molar-refractivity contribution < 1.29 is 19.2 Å². The zero-order valence-electron chi connectivity index (χ0n) is 12.2. The highest BCUT2D eigenvalue weighted by atomic mass is 16.6. The lowest BCUT2D eigenvalue weighted by molar-refractivity contribution is -0.384. The van der Waals surface area contributed by atoms with Crippen molar-refractivity contribution in [2.45, 2.75) is 20.0 Å². The number of rotatable bonds is 6. The summed E-state index contributed by atoms with van der Waals surface area (Å²) in [5, 5.41) is 13.1. The first-order valence-corrected chi connectivity index (χ1v) is 6.49. The molecule has 7 heteroatoms. The number of nitrogens with one attached hydrogen (secondary N) is 1. The molecule has 0 aliphatic heterocycles. The Kier molecular flexibility index (Phi) is 6.49. The molecular formula is C15H16N2O5. The van der Waals surface area contributed by atoms with Crippen molar-refractivity contribution in [2.24, 2.45) is 0 Å². The fourth-order valence-corrected chi connectivity index (χ4v) is 1.45. The van der Waals surface area contributed by atoms with Gasteiger partial charge in [-0.05, 0) is 19.9 Å². The molecule has 0 saturated heterocycles. The molecular weight excluding hydrogens is 288 g/mol. The Morgan fingerprint density at radius 1 is 1.36 bits per heavy atom. The lowest BCUT2D eigenvalue weighted by atomic mass is 10.2. The van der Waals surface area contributed by atoms with E-state index in [9.17, 15) is 19.7 Å². The number of nitrogens with zero attached hydrogens (tertiary/aromatic N) is 1. The number of nitro benzene ring substituents is 1. The average Bonchev–Trinajstić information content (AvgIpc) is 2.47. The summed E-state index contributed by atoms with van der Waals surface area (Å²) in [7, 11) is 0. The molecule has 0 bridgehead atoms. The monoisotopic (exact) mass is 304 g/mol. The van der Waals surface area contributed by atoms with E-state index in [1.54, 1.807) is 19.1 Å². The number of esters is 1. The molecule has 0 spiro atoms. The van der Waals surface area contributed by atoms with Gasteiger partial charge in [-0.25, -0.2) is 4.79 Å². The van der Waals surface area contributed by atoms with Gasteiger partial charge in [-0.2, -0.15) is 0 Å². The molecule has 0 aliphatic rings. The zero-order valence-corrected chi connectivity index (χ0v) is 12.2. The highest BCUT2D eigenvalue weighted by molar-refractivity contribution is 5.96. The van der Waals surface area contributed by atoms with Crippen molar-refractivity contribution in [1.82, 2.24) is 0 Å². The first-order chi connectivity index (χ1) is 10.4. The smallest absolute Gasteiger partial charge is 0.331 e. The van der Waals surface area contributed by atoms with Gasteiger partial charge < -0.3 is 10.1 Å². The number of ether oxygens (including phenoxy) is 1. The van der Waals surface area contributed by atoms with Gasteiger partial charge in [-0.3, -0.25) is 14.9 Å². The van der Waals surface area contributed by atoms with Crippen LogP contribution in [-0.2, 0) is 14.3 Å². The zero-order chi connectivity index (χ0) is 16.5. The highest BCUT2D eigenvalue weighted by Crippen LogP contribution is 2.17. The molecule has 0 aliphatic carbocycles. The number of anilines is 1. The van der Waals surface area contributed by atoms with E-state index in [-0.39, 0.29) is 11.4 Å². The number of allylic oxidation sites excluding steroid dienone is 3. The molecule has 7 nitrogen and oxygen atoms in total. The number of carbonyl (C=O) groups excluding carboxylic acids is 2. The fraction of sp³-hybridized carbons (Fsp3) is 0.200. The van der Waals surface area contributed by atoms with Gasteiger partial charge >= 0.3 is 5.97 Å². The minimum atomic E-state index is -1.03. The van der Waals surface area contributed by atoms with E-state index >= 15 is 0 Å². The topological polar surface area (TPSA) is 98.5 Å². The lowest BCUT2D eigenvalue weighted by Gasteiger charge is -2.12. The molecule has 22 heavy (non-hydrogen) atoms. The number of benzene rings is 1. The Morgan fingerprint density at radius 3 is 2.73 bits per heavy atom. The van der Waals surface area contributed by atoms with Gasteiger partial charge in [0.15, 0.2) is 6.10 Å². The summed E-state index contributed by atoms with van der Waals surface area (Å²) in [6.07, 6.45) is 5.05. The second-order valence-electron chi connectivity index (χ2n) is 4.26. The SMILES string of the molecule is C/C=C/C=C/C(=O)O[C@@H](C)C(=O)Nc1cccc([N+](=O)[O-])c1. The summed E-state index contributed by atoms with van der Waals surface area (Å²) in [6.45, 7) is 3.21. The Morgan fingerprint density at radius 2 is 2.09 bits per heavy atom. The van der Waals surface area contributed by atoms with Gasteiger partial charge in [0.25, 0.3) is 11.6 Å². The van der Waals surface area contributed by atoms with E-state index in [1.165, 1.54) is 43.3 Å². The molecule has 1 aromatic carbocycles. The molecule has 1 amide bonds. The van der Waals surface area contributed by atoms with E-state index in [4.69, 9.17) is 4.74 Å².